The van der Waals surface area contributed by atoms with Crippen molar-refractivity contribution < 1.29 is 19.5 Å². The van der Waals surface area contributed by atoms with E-state index >= 15 is 0 Å². The van der Waals surface area contributed by atoms with Crippen LogP contribution in [0.3, 0.4) is 0 Å². The molecule has 0 aliphatic carbocycles. The molecule has 0 radical (unpaired) electrons. The maximum absolute atomic E-state index is 10.6. The van der Waals surface area contributed by atoms with Gasteiger partial charge in [-0.1, -0.05) is 30.3 Å². The van der Waals surface area contributed by atoms with Crippen molar-refractivity contribution in [3.05, 3.63) is 35.9 Å². The van der Waals surface area contributed by atoms with Gasteiger partial charge in [0.25, 0.3) is 0 Å². The van der Waals surface area contributed by atoms with Crippen LogP contribution in [0, 0.1) is 0 Å². The molecule has 1 unspecified atom stereocenters. The molecule has 20 heavy (non-hydrogen) atoms. The molecular formula is C13H23NNaO4P. The van der Waals surface area contributed by atoms with Crippen LogP contribution in [-0.4, -0.2) is 63.7 Å². The zero-order chi connectivity index (χ0) is 14.1. The van der Waals surface area contributed by atoms with Crippen LogP contribution in [0.4, 0.5) is 0 Å². The Balaban J connectivity index is 0.00000361. The van der Waals surface area contributed by atoms with Crippen LogP contribution in [0.25, 0.3) is 0 Å². The average Bonchev–Trinajstić information content (AvgIpc) is 2.37. The van der Waals surface area contributed by atoms with Gasteiger partial charge in [0.05, 0.1) is 12.3 Å². The third-order valence-electron chi connectivity index (χ3n) is 2.82. The van der Waals surface area contributed by atoms with Crippen molar-refractivity contribution in [1.29, 1.82) is 0 Å². The van der Waals surface area contributed by atoms with Gasteiger partial charge in [-0.15, -0.1) is 0 Å². The van der Waals surface area contributed by atoms with Gasteiger partial charge in [-0.3, -0.25) is 4.57 Å². The Hall–Kier alpha value is 0.290. The number of nitrogens with one attached hydrogen (secondary N) is 1. The number of hydrogen-bond acceptors (Lipinski definition) is 3. The molecule has 1 rings (SSSR count). The van der Waals surface area contributed by atoms with Crippen LogP contribution in [0.1, 0.15) is 30.9 Å². The van der Waals surface area contributed by atoms with E-state index in [0.29, 0.717) is 19.4 Å². The molecule has 0 aliphatic heterocycles. The first-order valence-electron chi connectivity index (χ1n) is 6.47. The van der Waals surface area contributed by atoms with Crippen molar-refractivity contribution in [3.63, 3.8) is 0 Å². The van der Waals surface area contributed by atoms with E-state index in [1.54, 1.807) is 0 Å². The summed E-state index contributed by atoms with van der Waals surface area (Å²) >= 11 is 0. The van der Waals surface area contributed by atoms with E-state index in [1.165, 1.54) is 0 Å². The summed E-state index contributed by atoms with van der Waals surface area (Å²) in [5.74, 6) is 0. The van der Waals surface area contributed by atoms with Crippen molar-refractivity contribution in [2.24, 2.45) is 0 Å². The number of benzene rings is 1. The third kappa shape index (κ3) is 10.1. The Morgan fingerprint density at radius 2 is 1.70 bits per heavy atom. The van der Waals surface area contributed by atoms with Gasteiger partial charge in [-0.05, 0) is 37.9 Å². The first kappa shape index (κ1) is 20.3. The topological polar surface area (TPSA) is 89.8 Å². The van der Waals surface area contributed by atoms with Gasteiger partial charge < -0.3 is 20.2 Å². The van der Waals surface area contributed by atoms with Gasteiger partial charge in [0, 0.05) is 0 Å². The number of aliphatic hydroxyl groups is 1. The first-order valence-corrected chi connectivity index (χ1v) is 8.27. The molecule has 0 spiro atoms. The second-order valence-electron chi connectivity index (χ2n) is 4.56. The van der Waals surface area contributed by atoms with Crippen LogP contribution >= 0.6 is 7.60 Å². The summed E-state index contributed by atoms with van der Waals surface area (Å²) in [5.41, 5.74) is 0.920. The van der Waals surface area contributed by atoms with Crippen LogP contribution in [0.5, 0.6) is 0 Å². The zero-order valence-electron chi connectivity index (χ0n) is 10.9. The summed E-state index contributed by atoms with van der Waals surface area (Å²) in [7, 11) is -3.86. The minimum absolute atomic E-state index is 0. The molecule has 110 valence electrons. The fourth-order valence-corrected chi connectivity index (χ4v) is 2.37. The minimum atomic E-state index is -3.86. The summed E-state index contributed by atoms with van der Waals surface area (Å²) in [6.45, 7) is 1.33. The van der Waals surface area contributed by atoms with Crippen molar-refractivity contribution in [2.75, 3.05) is 19.3 Å². The summed E-state index contributed by atoms with van der Waals surface area (Å²) in [6.07, 6.45) is 1.44. The predicted molar refractivity (Wildman–Crippen MR) is 82.2 cm³/mol. The Morgan fingerprint density at radius 1 is 1.10 bits per heavy atom. The molecule has 7 heteroatoms. The number of hydrogen-bond donors (Lipinski definition) is 4. The maximum atomic E-state index is 10.6. The van der Waals surface area contributed by atoms with Crippen LogP contribution in [-0.2, 0) is 4.57 Å². The Bertz CT molecular complexity index is 399. The van der Waals surface area contributed by atoms with Gasteiger partial charge in [-0.25, -0.2) is 0 Å². The molecule has 0 saturated heterocycles. The Labute approximate surface area is 142 Å². The average molecular weight is 311 g/mol. The molecule has 1 aromatic carbocycles. The molecule has 5 nitrogen and oxygen atoms in total. The van der Waals surface area contributed by atoms with Gasteiger partial charge in [0.15, 0.2) is 0 Å². The van der Waals surface area contributed by atoms with E-state index in [2.05, 4.69) is 5.32 Å². The molecular weight excluding hydrogens is 288 g/mol. The molecule has 0 bridgehead atoms. The van der Waals surface area contributed by atoms with E-state index in [-0.39, 0.29) is 35.7 Å². The standard InChI is InChI=1S/C13H22NO4P.Na.H/c15-13(12-6-2-1-3-7-12)8-4-9-14-10-5-11-19(16,17)18;;/h1-3,6-7,13-15H,4-5,8-11H2,(H2,16,17,18);;. The summed E-state index contributed by atoms with van der Waals surface area (Å²) in [4.78, 5) is 17.3. The van der Waals surface area contributed by atoms with Crippen molar-refractivity contribution in [1.82, 2.24) is 5.32 Å². The van der Waals surface area contributed by atoms with Crippen LogP contribution < -0.4 is 5.32 Å². The van der Waals surface area contributed by atoms with Gasteiger partial charge in [0.1, 0.15) is 0 Å². The summed E-state index contributed by atoms with van der Waals surface area (Å²) in [5, 5.41) is 13.0. The molecule has 0 saturated carbocycles. The second-order valence-corrected chi connectivity index (χ2v) is 6.34. The van der Waals surface area contributed by atoms with E-state index in [1.807, 2.05) is 30.3 Å². The number of aliphatic hydroxyl groups excluding tert-OH is 1. The summed E-state index contributed by atoms with van der Waals surface area (Å²) in [6, 6.07) is 9.52. The van der Waals surface area contributed by atoms with Crippen molar-refractivity contribution in [2.45, 2.75) is 25.4 Å². The molecule has 0 aromatic heterocycles. The molecule has 0 fully saturated rings. The Kier molecular flexibility index (Phi) is 11.1. The third-order valence-corrected chi connectivity index (χ3v) is 3.72. The molecule has 1 atom stereocenters. The fraction of sp³-hybridized carbons (Fsp3) is 0.538. The molecule has 0 amide bonds. The fourth-order valence-electron chi connectivity index (χ4n) is 1.80. The van der Waals surface area contributed by atoms with E-state index in [4.69, 9.17) is 9.79 Å². The normalized spacial score (nSPS) is 12.8. The molecule has 1 aromatic rings. The number of rotatable bonds is 9. The van der Waals surface area contributed by atoms with E-state index < -0.39 is 13.7 Å². The SMILES string of the molecule is O=P(O)(O)CCCNCCCC(O)c1ccccc1.[NaH]. The Morgan fingerprint density at radius 3 is 2.30 bits per heavy atom. The van der Waals surface area contributed by atoms with E-state index in [0.717, 1.165) is 18.5 Å². The van der Waals surface area contributed by atoms with Crippen molar-refractivity contribution >= 4 is 37.2 Å². The van der Waals surface area contributed by atoms with Crippen molar-refractivity contribution in [3.8, 4) is 0 Å². The van der Waals surface area contributed by atoms with Crippen LogP contribution in [0.2, 0.25) is 0 Å². The van der Waals surface area contributed by atoms with Crippen LogP contribution in [0.15, 0.2) is 30.3 Å². The quantitative estimate of drug-likeness (QED) is 0.310. The molecule has 4 N–H and O–H groups in total. The van der Waals surface area contributed by atoms with Gasteiger partial charge >= 0.3 is 37.2 Å². The second kappa shape index (κ2) is 10.9. The van der Waals surface area contributed by atoms with E-state index in [9.17, 15) is 9.67 Å². The predicted octanol–water partition coefficient (Wildman–Crippen LogP) is 1.01. The summed E-state index contributed by atoms with van der Waals surface area (Å²) < 4.78 is 10.6. The first-order chi connectivity index (χ1) is 8.99. The van der Waals surface area contributed by atoms with Gasteiger partial charge in [-0.2, -0.15) is 0 Å². The zero-order valence-corrected chi connectivity index (χ0v) is 11.8. The molecule has 0 aliphatic rings. The monoisotopic (exact) mass is 311 g/mol. The van der Waals surface area contributed by atoms with Gasteiger partial charge in [0.2, 0.25) is 0 Å². The molecule has 0 heterocycles.